The molecule has 0 aliphatic heterocycles. The van der Waals surface area contributed by atoms with E-state index in [1.54, 1.807) is 0 Å². The number of hydrogen-bond donors (Lipinski definition) is 2. The first-order valence-electron chi connectivity index (χ1n) is 9.21. The summed E-state index contributed by atoms with van der Waals surface area (Å²) in [7, 11) is 0. The zero-order chi connectivity index (χ0) is 19.8. The van der Waals surface area contributed by atoms with E-state index in [2.05, 4.69) is 10.6 Å². The van der Waals surface area contributed by atoms with E-state index in [1.165, 1.54) is 0 Å². The topological polar surface area (TPSA) is 67.4 Å². The lowest BCUT2D eigenvalue weighted by atomic mass is 10.0. The second kappa shape index (κ2) is 9.76. The summed E-state index contributed by atoms with van der Waals surface area (Å²) in [6.45, 7) is 8.08. The lowest BCUT2D eigenvalue weighted by Crippen LogP contribution is -2.45. The predicted octanol–water partition coefficient (Wildman–Crippen LogP) is 4.58. The van der Waals surface area contributed by atoms with Gasteiger partial charge in [-0.15, -0.1) is 0 Å². The van der Waals surface area contributed by atoms with Crippen molar-refractivity contribution in [2.24, 2.45) is 5.92 Å². The van der Waals surface area contributed by atoms with E-state index in [-0.39, 0.29) is 18.4 Å². The molecule has 0 bridgehead atoms. The monoisotopic (exact) mass is 368 g/mol. The van der Waals surface area contributed by atoms with Gasteiger partial charge in [0, 0.05) is 5.69 Å². The molecule has 5 nitrogen and oxygen atoms in total. The molecule has 1 atom stereocenters. The number of hydrogen-bond acceptors (Lipinski definition) is 3. The summed E-state index contributed by atoms with van der Waals surface area (Å²) in [5.74, 6) is 0.00546. The van der Waals surface area contributed by atoms with Crippen LogP contribution in [0.2, 0.25) is 0 Å². The van der Waals surface area contributed by atoms with Gasteiger partial charge in [0.25, 0.3) is 0 Å². The number of benzene rings is 2. The third-order valence-electron chi connectivity index (χ3n) is 4.26. The Hall–Kier alpha value is -2.82. The Morgan fingerprint density at radius 3 is 2.19 bits per heavy atom. The molecular formula is C22H28N2O3. The summed E-state index contributed by atoms with van der Waals surface area (Å²) in [6.07, 6.45) is -0.0712. The van der Waals surface area contributed by atoms with Gasteiger partial charge in [-0.3, -0.25) is 4.79 Å². The standard InChI is InChI=1S/C22H28N2O3/c1-15(2)13-19(21(25)24-20-16(3)9-8-10-17(20)4)23-22(26)27-14-18-11-6-5-7-12-18/h5-12,15,19H,13-14H2,1-4H3,(H,23,26)(H,24,25)/t19-/m0/s1. The Morgan fingerprint density at radius 1 is 0.963 bits per heavy atom. The summed E-state index contributed by atoms with van der Waals surface area (Å²) in [6, 6.07) is 14.6. The molecule has 0 unspecified atom stereocenters. The Labute approximate surface area is 161 Å². The highest BCUT2D eigenvalue weighted by atomic mass is 16.5. The first kappa shape index (κ1) is 20.5. The Balaban J connectivity index is 2.01. The fourth-order valence-corrected chi connectivity index (χ4v) is 2.83. The van der Waals surface area contributed by atoms with Gasteiger partial charge in [-0.05, 0) is 42.9 Å². The van der Waals surface area contributed by atoms with Crippen LogP contribution in [0.5, 0.6) is 0 Å². The predicted molar refractivity (Wildman–Crippen MR) is 108 cm³/mol. The number of amides is 2. The SMILES string of the molecule is Cc1cccc(C)c1NC(=O)[C@H](CC(C)C)NC(=O)OCc1ccccc1. The van der Waals surface area contributed by atoms with Crippen LogP contribution in [-0.2, 0) is 16.1 Å². The maximum absolute atomic E-state index is 12.8. The van der Waals surface area contributed by atoms with E-state index in [1.807, 2.05) is 76.2 Å². The van der Waals surface area contributed by atoms with Crippen LogP contribution in [0.25, 0.3) is 0 Å². The third kappa shape index (κ3) is 6.44. The summed E-state index contributed by atoms with van der Waals surface area (Å²) in [5, 5.41) is 5.66. The number of alkyl carbamates (subject to hydrolysis) is 1. The minimum Gasteiger partial charge on any atom is -0.445 e. The van der Waals surface area contributed by atoms with Crippen molar-refractivity contribution in [3.8, 4) is 0 Å². The van der Waals surface area contributed by atoms with Crippen molar-refractivity contribution in [2.45, 2.75) is 46.8 Å². The van der Waals surface area contributed by atoms with Gasteiger partial charge in [-0.2, -0.15) is 0 Å². The largest absolute Gasteiger partial charge is 0.445 e. The number of para-hydroxylation sites is 1. The van der Waals surface area contributed by atoms with Crippen molar-refractivity contribution >= 4 is 17.7 Å². The zero-order valence-corrected chi connectivity index (χ0v) is 16.4. The Bertz CT molecular complexity index is 752. The summed E-state index contributed by atoms with van der Waals surface area (Å²) >= 11 is 0. The lowest BCUT2D eigenvalue weighted by Gasteiger charge is -2.21. The molecule has 2 rings (SSSR count). The van der Waals surface area contributed by atoms with E-state index in [0.29, 0.717) is 6.42 Å². The van der Waals surface area contributed by atoms with E-state index >= 15 is 0 Å². The van der Waals surface area contributed by atoms with Crippen molar-refractivity contribution in [1.82, 2.24) is 5.32 Å². The first-order chi connectivity index (χ1) is 12.9. The number of rotatable bonds is 7. The molecule has 0 aliphatic carbocycles. The molecular weight excluding hydrogens is 340 g/mol. The van der Waals surface area contributed by atoms with Crippen molar-refractivity contribution in [2.75, 3.05) is 5.32 Å². The van der Waals surface area contributed by atoms with E-state index in [9.17, 15) is 9.59 Å². The lowest BCUT2D eigenvalue weighted by molar-refractivity contribution is -0.118. The molecule has 2 aromatic carbocycles. The number of carbonyl (C=O) groups excluding carboxylic acids is 2. The van der Waals surface area contributed by atoms with Crippen molar-refractivity contribution in [1.29, 1.82) is 0 Å². The molecule has 0 saturated carbocycles. The molecule has 144 valence electrons. The van der Waals surface area contributed by atoms with Crippen molar-refractivity contribution in [3.05, 3.63) is 65.2 Å². The molecule has 27 heavy (non-hydrogen) atoms. The van der Waals surface area contributed by atoms with Crippen LogP contribution in [0.3, 0.4) is 0 Å². The van der Waals surface area contributed by atoms with Crippen molar-refractivity contribution < 1.29 is 14.3 Å². The molecule has 0 saturated heterocycles. The maximum Gasteiger partial charge on any atom is 0.408 e. The van der Waals surface area contributed by atoms with Gasteiger partial charge in [-0.25, -0.2) is 4.79 Å². The van der Waals surface area contributed by atoms with Gasteiger partial charge >= 0.3 is 6.09 Å². The summed E-state index contributed by atoms with van der Waals surface area (Å²) in [4.78, 5) is 25.0. The highest BCUT2D eigenvalue weighted by molar-refractivity contribution is 5.97. The van der Waals surface area contributed by atoms with Gasteiger partial charge in [0.15, 0.2) is 0 Å². The van der Waals surface area contributed by atoms with Gasteiger partial charge in [-0.1, -0.05) is 62.4 Å². The molecule has 5 heteroatoms. The number of nitrogens with one attached hydrogen (secondary N) is 2. The van der Waals surface area contributed by atoms with Crippen LogP contribution in [-0.4, -0.2) is 18.0 Å². The van der Waals surface area contributed by atoms with E-state index < -0.39 is 12.1 Å². The first-order valence-corrected chi connectivity index (χ1v) is 9.21. The van der Waals surface area contributed by atoms with Crippen LogP contribution >= 0.6 is 0 Å². The maximum atomic E-state index is 12.8. The summed E-state index contributed by atoms with van der Waals surface area (Å²) in [5.41, 5.74) is 3.65. The second-order valence-corrected chi connectivity index (χ2v) is 7.14. The Morgan fingerprint density at radius 2 is 1.59 bits per heavy atom. The van der Waals surface area contributed by atoms with E-state index in [4.69, 9.17) is 4.74 Å². The minimum atomic E-state index is -0.660. The van der Waals surface area contributed by atoms with E-state index in [0.717, 1.165) is 22.4 Å². The molecule has 2 aromatic rings. The van der Waals surface area contributed by atoms with Crippen LogP contribution in [0, 0.1) is 19.8 Å². The number of anilines is 1. The second-order valence-electron chi connectivity index (χ2n) is 7.14. The van der Waals surface area contributed by atoms with Crippen LogP contribution < -0.4 is 10.6 Å². The summed E-state index contributed by atoms with van der Waals surface area (Å²) < 4.78 is 5.26. The average Bonchev–Trinajstić information content (AvgIpc) is 2.63. The van der Waals surface area contributed by atoms with Crippen LogP contribution in [0.1, 0.15) is 37.0 Å². The van der Waals surface area contributed by atoms with Crippen LogP contribution in [0.4, 0.5) is 10.5 Å². The van der Waals surface area contributed by atoms with Gasteiger partial charge in [0.1, 0.15) is 12.6 Å². The fourth-order valence-electron chi connectivity index (χ4n) is 2.83. The minimum absolute atomic E-state index is 0.166. The molecule has 2 amide bonds. The smallest absolute Gasteiger partial charge is 0.408 e. The van der Waals surface area contributed by atoms with Crippen LogP contribution in [0.15, 0.2) is 48.5 Å². The fraction of sp³-hybridized carbons (Fsp3) is 0.364. The van der Waals surface area contributed by atoms with Gasteiger partial charge < -0.3 is 15.4 Å². The molecule has 2 N–H and O–H groups in total. The zero-order valence-electron chi connectivity index (χ0n) is 16.4. The molecule has 0 spiro atoms. The molecule has 0 aliphatic rings. The highest BCUT2D eigenvalue weighted by Crippen LogP contribution is 2.20. The Kier molecular flexibility index (Phi) is 7.41. The molecule has 0 heterocycles. The molecule has 0 radical (unpaired) electrons. The van der Waals surface area contributed by atoms with Gasteiger partial charge in [0.05, 0.1) is 0 Å². The average molecular weight is 368 g/mol. The quantitative estimate of drug-likeness (QED) is 0.751. The normalized spacial score (nSPS) is 11.7. The highest BCUT2D eigenvalue weighted by Gasteiger charge is 2.23. The third-order valence-corrected chi connectivity index (χ3v) is 4.26. The molecule has 0 fully saturated rings. The number of aryl methyl sites for hydroxylation is 2. The molecule has 0 aromatic heterocycles. The number of ether oxygens (including phenoxy) is 1. The van der Waals surface area contributed by atoms with Gasteiger partial charge in [0.2, 0.25) is 5.91 Å². The van der Waals surface area contributed by atoms with Crippen molar-refractivity contribution in [3.63, 3.8) is 0 Å². The number of carbonyl (C=O) groups is 2.